The number of benzene rings is 2. The number of halogens is 1. The van der Waals surface area contributed by atoms with Crippen LogP contribution in [-0.4, -0.2) is 35.3 Å². The number of aromatic amines is 1. The quantitative estimate of drug-likeness (QED) is 0.681. The predicted octanol–water partition coefficient (Wildman–Crippen LogP) is 3.50. The van der Waals surface area contributed by atoms with Crippen LogP contribution in [0.15, 0.2) is 46.9 Å². The van der Waals surface area contributed by atoms with Crippen molar-refractivity contribution < 1.29 is 14.3 Å². The number of H-pyrrole nitrogens is 1. The van der Waals surface area contributed by atoms with Crippen LogP contribution >= 0.6 is 15.9 Å². The highest BCUT2D eigenvalue weighted by Crippen LogP contribution is 2.31. The first kappa shape index (κ1) is 17.0. The van der Waals surface area contributed by atoms with Gasteiger partial charge in [-0.1, -0.05) is 12.1 Å². The summed E-state index contributed by atoms with van der Waals surface area (Å²) in [5.41, 5.74) is 1.26. The first-order valence-corrected chi connectivity index (χ1v) is 8.12. The Labute approximate surface area is 152 Å². The normalized spacial score (nSPS) is 10.4. The second kappa shape index (κ2) is 7.35. The molecule has 0 spiro atoms. The highest BCUT2D eigenvalue weighted by molar-refractivity contribution is 9.10. The van der Waals surface area contributed by atoms with Crippen molar-refractivity contribution in [2.45, 2.75) is 0 Å². The van der Waals surface area contributed by atoms with Crippen LogP contribution in [0.25, 0.3) is 11.4 Å². The molecular formula is C17H15BrN4O3. The number of nitrogens with one attached hydrogen (secondary N) is 2. The highest BCUT2D eigenvalue weighted by atomic mass is 79.9. The molecule has 0 fully saturated rings. The highest BCUT2D eigenvalue weighted by Gasteiger charge is 2.14. The molecule has 8 heteroatoms. The molecule has 7 nitrogen and oxygen atoms in total. The van der Waals surface area contributed by atoms with Gasteiger partial charge in [-0.25, -0.2) is 0 Å². The number of hydrogen-bond donors (Lipinski definition) is 2. The fraction of sp³-hybridized carbons (Fsp3) is 0.118. The lowest BCUT2D eigenvalue weighted by Gasteiger charge is -2.08. The third-order valence-electron chi connectivity index (χ3n) is 3.49. The molecule has 0 unspecified atom stereocenters. The number of aromatic nitrogens is 3. The van der Waals surface area contributed by atoms with Gasteiger partial charge in [0.25, 0.3) is 5.91 Å². The van der Waals surface area contributed by atoms with Gasteiger partial charge in [-0.3, -0.25) is 15.2 Å². The van der Waals surface area contributed by atoms with Crippen molar-refractivity contribution in [1.82, 2.24) is 15.2 Å². The Morgan fingerprint density at radius 2 is 1.88 bits per heavy atom. The van der Waals surface area contributed by atoms with Gasteiger partial charge in [0.2, 0.25) is 5.95 Å². The summed E-state index contributed by atoms with van der Waals surface area (Å²) >= 11 is 3.35. The fourth-order valence-corrected chi connectivity index (χ4v) is 2.71. The topological polar surface area (TPSA) is 89.1 Å². The molecule has 0 aliphatic heterocycles. The standard InChI is InChI=1S/C17H15BrN4O3/c1-24-13-8-7-10(9-14(13)25-2)15-19-17(22-21-15)20-16(23)11-5-3-4-6-12(11)18/h3-9H,1-2H3,(H2,19,20,21,22,23). The van der Waals surface area contributed by atoms with E-state index in [1.807, 2.05) is 12.1 Å². The Hall–Kier alpha value is -2.87. The van der Waals surface area contributed by atoms with Gasteiger partial charge in [0.1, 0.15) is 0 Å². The molecule has 3 aromatic rings. The second-order valence-electron chi connectivity index (χ2n) is 5.01. The van der Waals surface area contributed by atoms with Gasteiger partial charge >= 0.3 is 0 Å². The summed E-state index contributed by atoms with van der Waals surface area (Å²) in [6.07, 6.45) is 0. The average molecular weight is 403 g/mol. The number of methoxy groups -OCH3 is 2. The van der Waals surface area contributed by atoms with E-state index in [1.54, 1.807) is 44.6 Å². The Bertz CT molecular complexity index is 910. The Balaban J connectivity index is 1.81. The van der Waals surface area contributed by atoms with E-state index in [-0.39, 0.29) is 11.9 Å². The summed E-state index contributed by atoms with van der Waals surface area (Å²) < 4.78 is 11.2. The molecule has 0 saturated heterocycles. The van der Waals surface area contributed by atoms with Crippen LogP contribution in [-0.2, 0) is 0 Å². The Kier molecular flexibility index (Phi) is 4.99. The molecule has 2 aromatic carbocycles. The molecule has 0 bridgehead atoms. The van der Waals surface area contributed by atoms with E-state index >= 15 is 0 Å². The molecule has 0 atom stereocenters. The molecule has 1 heterocycles. The summed E-state index contributed by atoms with van der Waals surface area (Å²) in [6, 6.07) is 12.5. The molecule has 2 N–H and O–H groups in total. The molecule has 3 rings (SSSR count). The number of amides is 1. The number of rotatable bonds is 5. The third-order valence-corrected chi connectivity index (χ3v) is 4.18. The van der Waals surface area contributed by atoms with Crippen molar-refractivity contribution in [3.05, 3.63) is 52.5 Å². The first-order valence-electron chi connectivity index (χ1n) is 7.33. The van der Waals surface area contributed by atoms with Crippen LogP contribution in [0.3, 0.4) is 0 Å². The van der Waals surface area contributed by atoms with Gasteiger partial charge in [0.15, 0.2) is 17.3 Å². The van der Waals surface area contributed by atoms with E-state index in [0.29, 0.717) is 27.4 Å². The van der Waals surface area contributed by atoms with Crippen LogP contribution in [0.1, 0.15) is 10.4 Å². The van der Waals surface area contributed by atoms with E-state index in [0.717, 1.165) is 5.56 Å². The maximum atomic E-state index is 12.3. The summed E-state index contributed by atoms with van der Waals surface area (Å²) in [5.74, 6) is 1.59. The second-order valence-corrected chi connectivity index (χ2v) is 5.87. The monoisotopic (exact) mass is 402 g/mol. The van der Waals surface area contributed by atoms with Crippen LogP contribution < -0.4 is 14.8 Å². The fourth-order valence-electron chi connectivity index (χ4n) is 2.24. The zero-order valence-corrected chi connectivity index (χ0v) is 15.1. The van der Waals surface area contributed by atoms with Gasteiger partial charge in [-0.15, -0.1) is 5.10 Å². The SMILES string of the molecule is COc1ccc(-c2nc(NC(=O)c3ccccc3Br)n[nH]2)cc1OC. The average Bonchev–Trinajstić information content (AvgIpc) is 3.09. The molecule has 128 valence electrons. The summed E-state index contributed by atoms with van der Waals surface area (Å²) in [7, 11) is 3.13. The smallest absolute Gasteiger partial charge is 0.259 e. The molecule has 0 aliphatic carbocycles. The Morgan fingerprint density at radius 3 is 2.60 bits per heavy atom. The minimum Gasteiger partial charge on any atom is -0.493 e. The lowest BCUT2D eigenvalue weighted by Crippen LogP contribution is -2.13. The maximum Gasteiger partial charge on any atom is 0.259 e. The van der Waals surface area contributed by atoms with Gasteiger partial charge < -0.3 is 9.47 Å². The summed E-state index contributed by atoms with van der Waals surface area (Å²) in [6.45, 7) is 0. The Morgan fingerprint density at radius 1 is 1.12 bits per heavy atom. The van der Waals surface area contributed by atoms with Crippen molar-refractivity contribution in [2.75, 3.05) is 19.5 Å². The lowest BCUT2D eigenvalue weighted by atomic mass is 10.2. The molecule has 1 amide bonds. The zero-order chi connectivity index (χ0) is 17.8. The minimum atomic E-state index is -0.301. The third kappa shape index (κ3) is 3.63. The predicted molar refractivity (Wildman–Crippen MR) is 97.0 cm³/mol. The largest absolute Gasteiger partial charge is 0.493 e. The number of carbonyl (C=O) groups is 1. The molecular weight excluding hydrogens is 388 g/mol. The minimum absolute atomic E-state index is 0.186. The number of carbonyl (C=O) groups excluding carboxylic acids is 1. The van der Waals surface area contributed by atoms with Crippen LogP contribution in [0.5, 0.6) is 11.5 Å². The van der Waals surface area contributed by atoms with Crippen molar-refractivity contribution in [3.63, 3.8) is 0 Å². The number of hydrogen-bond acceptors (Lipinski definition) is 5. The van der Waals surface area contributed by atoms with Gasteiger partial charge in [-0.05, 0) is 46.3 Å². The van der Waals surface area contributed by atoms with Crippen molar-refractivity contribution in [1.29, 1.82) is 0 Å². The van der Waals surface area contributed by atoms with Crippen LogP contribution in [0, 0.1) is 0 Å². The van der Waals surface area contributed by atoms with E-state index in [2.05, 4.69) is 36.4 Å². The molecule has 0 saturated carbocycles. The van der Waals surface area contributed by atoms with Crippen molar-refractivity contribution >= 4 is 27.8 Å². The number of anilines is 1. The zero-order valence-electron chi connectivity index (χ0n) is 13.5. The van der Waals surface area contributed by atoms with E-state index in [9.17, 15) is 4.79 Å². The summed E-state index contributed by atoms with van der Waals surface area (Å²) in [4.78, 5) is 16.6. The number of ether oxygens (including phenoxy) is 2. The molecule has 25 heavy (non-hydrogen) atoms. The van der Waals surface area contributed by atoms with Crippen molar-refractivity contribution in [2.24, 2.45) is 0 Å². The van der Waals surface area contributed by atoms with Crippen LogP contribution in [0.4, 0.5) is 5.95 Å². The van der Waals surface area contributed by atoms with Gasteiger partial charge in [-0.2, -0.15) is 4.98 Å². The maximum absolute atomic E-state index is 12.3. The van der Waals surface area contributed by atoms with Gasteiger partial charge in [0, 0.05) is 10.0 Å². The van der Waals surface area contributed by atoms with E-state index < -0.39 is 0 Å². The molecule has 0 aliphatic rings. The van der Waals surface area contributed by atoms with E-state index in [4.69, 9.17) is 9.47 Å². The molecule has 1 aromatic heterocycles. The van der Waals surface area contributed by atoms with E-state index in [1.165, 1.54) is 0 Å². The van der Waals surface area contributed by atoms with Crippen LogP contribution in [0.2, 0.25) is 0 Å². The summed E-state index contributed by atoms with van der Waals surface area (Å²) in [5, 5.41) is 9.49. The first-order chi connectivity index (χ1) is 12.1. The van der Waals surface area contributed by atoms with Crippen molar-refractivity contribution in [3.8, 4) is 22.9 Å². The lowest BCUT2D eigenvalue weighted by molar-refractivity contribution is 0.102. The number of nitrogens with zero attached hydrogens (tertiary/aromatic N) is 2. The van der Waals surface area contributed by atoms with Gasteiger partial charge in [0.05, 0.1) is 19.8 Å². The molecule has 0 radical (unpaired) electrons.